The number of likely N-dealkylation sites (tertiary alicyclic amines) is 1. The number of halogens is 3. The summed E-state index contributed by atoms with van der Waals surface area (Å²) in [6, 6.07) is 4.96. The lowest BCUT2D eigenvalue weighted by Gasteiger charge is -2.32. The van der Waals surface area contributed by atoms with E-state index in [9.17, 15) is 27.9 Å². The van der Waals surface area contributed by atoms with Crippen molar-refractivity contribution in [3.63, 3.8) is 0 Å². The number of benzene rings is 1. The highest BCUT2D eigenvalue weighted by Gasteiger charge is 2.33. The van der Waals surface area contributed by atoms with E-state index in [-0.39, 0.29) is 27.3 Å². The van der Waals surface area contributed by atoms with Gasteiger partial charge in [0.2, 0.25) is 0 Å². The number of rotatable bonds is 6. The average Bonchev–Trinajstić information content (AvgIpc) is 3.19. The van der Waals surface area contributed by atoms with E-state index in [4.69, 9.17) is 0 Å². The second-order valence-electron chi connectivity index (χ2n) is 7.23. The van der Waals surface area contributed by atoms with Gasteiger partial charge in [-0.3, -0.25) is 5.32 Å². The van der Waals surface area contributed by atoms with Gasteiger partial charge in [0.05, 0.1) is 25.0 Å². The number of aliphatic hydroxyl groups excluding tert-OH is 1. The van der Waals surface area contributed by atoms with Crippen molar-refractivity contribution in [2.75, 3.05) is 37.4 Å². The van der Waals surface area contributed by atoms with Crippen LogP contribution in [0.3, 0.4) is 0 Å². The van der Waals surface area contributed by atoms with E-state index in [2.05, 4.69) is 20.4 Å². The van der Waals surface area contributed by atoms with Crippen LogP contribution in [0.4, 0.5) is 28.8 Å². The summed E-state index contributed by atoms with van der Waals surface area (Å²) in [4.78, 5) is 30.0. The lowest BCUT2D eigenvalue weighted by molar-refractivity contribution is -0.137. The third kappa shape index (κ3) is 5.68. The van der Waals surface area contributed by atoms with E-state index in [1.807, 2.05) is 0 Å². The fourth-order valence-electron chi connectivity index (χ4n) is 3.41. The van der Waals surface area contributed by atoms with Crippen LogP contribution >= 0.6 is 11.3 Å². The number of carbonyl (C=O) groups is 2. The molecule has 3 rings (SSSR count). The quantitative estimate of drug-likeness (QED) is 0.553. The van der Waals surface area contributed by atoms with Gasteiger partial charge in [-0.25, -0.2) is 14.6 Å². The van der Waals surface area contributed by atoms with Crippen molar-refractivity contribution in [3.05, 3.63) is 40.4 Å². The Morgan fingerprint density at radius 3 is 2.59 bits per heavy atom. The number of esters is 1. The van der Waals surface area contributed by atoms with E-state index in [1.165, 1.54) is 19.2 Å². The van der Waals surface area contributed by atoms with Crippen molar-refractivity contribution in [1.29, 1.82) is 0 Å². The maximum Gasteiger partial charge on any atom is 0.418 e. The normalized spacial score (nSPS) is 14.8. The molecule has 0 atom stereocenters. The van der Waals surface area contributed by atoms with Gasteiger partial charge in [-0.1, -0.05) is 23.5 Å². The van der Waals surface area contributed by atoms with Gasteiger partial charge < -0.3 is 20.1 Å². The van der Waals surface area contributed by atoms with Crippen molar-refractivity contribution in [2.45, 2.75) is 25.6 Å². The van der Waals surface area contributed by atoms with Crippen LogP contribution in [-0.2, 0) is 17.5 Å². The largest absolute Gasteiger partial charge is 0.465 e. The van der Waals surface area contributed by atoms with E-state index in [0.29, 0.717) is 32.5 Å². The highest BCUT2D eigenvalue weighted by atomic mass is 32.1. The highest BCUT2D eigenvalue weighted by Crippen LogP contribution is 2.35. The smallest absolute Gasteiger partial charge is 0.418 e. The van der Waals surface area contributed by atoms with Crippen LogP contribution in [0.1, 0.15) is 33.8 Å². The molecule has 0 unspecified atom stereocenters. The molecule has 0 spiro atoms. The molecular weight excluding hydrogens is 449 g/mol. The van der Waals surface area contributed by atoms with Crippen molar-refractivity contribution in [3.8, 4) is 0 Å². The molecule has 1 aliphatic rings. The lowest BCUT2D eigenvalue weighted by Crippen LogP contribution is -2.42. The van der Waals surface area contributed by atoms with Gasteiger partial charge in [-0.2, -0.15) is 13.2 Å². The number of para-hydroxylation sites is 1. The van der Waals surface area contributed by atoms with Gasteiger partial charge in [-0.15, -0.1) is 0 Å². The van der Waals surface area contributed by atoms with Crippen molar-refractivity contribution in [1.82, 2.24) is 9.88 Å². The molecule has 1 fully saturated rings. The number of aliphatic hydroxyl groups is 1. The summed E-state index contributed by atoms with van der Waals surface area (Å²) in [5, 5.41) is 15.0. The van der Waals surface area contributed by atoms with Gasteiger partial charge >= 0.3 is 18.2 Å². The number of hydrogen-bond acceptors (Lipinski definition) is 7. The minimum atomic E-state index is -4.43. The van der Waals surface area contributed by atoms with Crippen LogP contribution in [0.5, 0.6) is 0 Å². The molecular formula is C20H23F3N4O4S. The second-order valence-corrected chi connectivity index (χ2v) is 8.23. The molecule has 0 radical (unpaired) electrons. The Kier molecular flexibility index (Phi) is 7.56. The maximum atomic E-state index is 13.1. The molecule has 2 heterocycles. The number of anilines is 2. The van der Waals surface area contributed by atoms with Gasteiger partial charge in [0.25, 0.3) is 0 Å². The summed E-state index contributed by atoms with van der Waals surface area (Å²) < 4.78 is 44.0. The number of nitrogens with one attached hydrogen (secondary N) is 2. The van der Waals surface area contributed by atoms with Crippen LogP contribution in [0.25, 0.3) is 0 Å². The number of aromatic nitrogens is 1. The molecule has 1 saturated heterocycles. The lowest BCUT2D eigenvalue weighted by atomic mass is 9.96. The molecule has 1 aromatic carbocycles. The Labute approximate surface area is 186 Å². The molecule has 174 valence electrons. The Bertz CT molecular complexity index is 959. The molecule has 2 aromatic rings. The average molecular weight is 472 g/mol. The number of urea groups is 1. The first-order valence-corrected chi connectivity index (χ1v) is 10.7. The number of thiazole rings is 1. The van der Waals surface area contributed by atoms with E-state index >= 15 is 0 Å². The Balaban J connectivity index is 1.51. The summed E-state index contributed by atoms with van der Waals surface area (Å²) in [6.07, 6.45) is -3.17. The van der Waals surface area contributed by atoms with Crippen LogP contribution < -0.4 is 10.6 Å². The molecule has 0 saturated carbocycles. The molecule has 2 amide bonds. The first-order chi connectivity index (χ1) is 15.2. The predicted molar refractivity (Wildman–Crippen MR) is 113 cm³/mol. The summed E-state index contributed by atoms with van der Waals surface area (Å²) in [7, 11) is 1.21. The van der Waals surface area contributed by atoms with Crippen molar-refractivity contribution in [2.24, 2.45) is 5.92 Å². The summed E-state index contributed by atoms with van der Waals surface area (Å²) in [5.74, 6) is -0.528. The Morgan fingerprint density at radius 1 is 1.28 bits per heavy atom. The van der Waals surface area contributed by atoms with Crippen LogP contribution in [0.2, 0.25) is 0 Å². The summed E-state index contributed by atoms with van der Waals surface area (Å²) in [6.45, 7) is 0.770. The van der Waals surface area contributed by atoms with Gasteiger partial charge in [0, 0.05) is 25.3 Å². The number of amides is 2. The number of hydrogen-bond donors (Lipinski definition) is 3. The second kappa shape index (κ2) is 10.2. The molecule has 0 aliphatic carbocycles. The summed E-state index contributed by atoms with van der Waals surface area (Å²) in [5.41, 5.74) is -0.528. The van der Waals surface area contributed by atoms with Crippen LogP contribution in [-0.4, -0.2) is 53.7 Å². The van der Waals surface area contributed by atoms with Crippen molar-refractivity contribution >= 4 is 34.2 Å². The number of piperidine rings is 1. The summed E-state index contributed by atoms with van der Waals surface area (Å²) >= 11 is 0.913. The minimum Gasteiger partial charge on any atom is -0.465 e. The minimum absolute atomic E-state index is 0.0463. The third-order valence-corrected chi connectivity index (χ3v) is 6.14. The SMILES string of the molecule is COC(=O)c1sc(NC(=O)N2CCC(CNc3ccccc3C(F)(F)F)CC2)nc1CO. The van der Waals surface area contributed by atoms with Crippen molar-refractivity contribution < 1.29 is 32.6 Å². The zero-order chi connectivity index (χ0) is 23.3. The third-order valence-electron chi connectivity index (χ3n) is 5.15. The highest BCUT2D eigenvalue weighted by molar-refractivity contribution is 7.17. The first-order valence-electron chi connectivity index (χ1n) is 9.87. The van der Waals surface area contributed by atoms with Crippen LogP contribution in [0.15, 0.2) is 24.3 Å². The molecule has 8 nitrogen and oxygen atoms in total. The fourth-order valence-corrected chi connectivity index (χ4v) is 4.30. The number of alkyl halides is 3. The predicted octanol–water partition coefficient (Wildman–Crippen LogP) is 3.80. The molecule has 0 bridgehead atoms. The monoisotopic (exact) mass is 472 g/mol. The topological polar surface area (TPSA) is 104 Å². The van der Waals surface area contributed by atoms with Gasteiger partial charge in [0.15, 0.2) is 5.13 Å². The zero-order valence-electron chi connectivity index (χ0n) is 17.2. The number of nitrogens with zero attached hydrogens (tertiary/aromatic N) is 2. The zero-order valence-corrected chi connectivity index (χ0v) is 18.1. The Morgan fingerprint density at radius 2 is 1.97 bits per heavy atom. The molecule has 32 heavy (non-hydrogen) atoms. The molecule has 12 heteroatoms. The van der Waals surface area contributed by atoms with E-state index < -0.39 is 30.3 Å². The van der Waals surface area contributed by atoms with E-state index in [0.717, 1.165) is 17.4 Å². The van der Waals surface area contributed by atoms with Gasteiger partial charge in [0.1, 0.15) is 4.88 Å². The number of methoxy groups -OCH3 is 1. The number of carbonyl (C=O) groups excluding carboxylic acids is 2. The molecule has 1 aliphatic heterocycles. The maximum absolute atomic E-state index is 13.1. The standard InChI is InChI=1S/C20H23F3N4O4S/c1-31-17(29)16-15(11-28)25-18(32-16)26-19(30)27-8-6-12(7-9-27)10-24-14-5-3-2-4-13(14)20(21,22)23/h2-5,12,24,28H,6-11H2,1H3,(H,25,26,30). The number of ether oxygens (including phenoxy) is 1. The fraction of sp³-hybridized carbons (Fsp3) is 0.450. The Hall–Kier alpha value is -2.86. The molecule has 1 aromatic heterocycles. The molecule has 3 N–H and O–H groups in total. The van der Waals surface area contributed by atoms with Gasteiger partial charge in [-0.05, 0) is 30.9 Å². The first kappa shape index (κ1) is 23.8. The van der Waals surface area contributed by atoms with E-state index in [1.54, 1.807) is 11.0 Å². The van der Waals surface area contributed by atoms with Crippen LogP contribution in [0, 0.1) is 5.92 Å².